The maximum atomic E-state index is 12.9. The summed E-state index contributed by atoms with van der Waals surface area (Å²) in [4.78, 5) is 25.6. The van der Waals surface area contributed by atoms with E-state index < -0.39 is 11.8 Å². The summed E-state index contributed by atoms with van der Waals surface area (Å²) in [6.45, 7) is 0.464. The van der Waals surface area contributed by atoms with Crippen molar-refractivity contribution in [1.29, 1.82) is 0 Å². The number of rotatable bonds is 12. The number of carbonyl (C=O) groups excluding carboxylic acids is 2. The molecule has 6 nitrogen and oxygen atoms in total. The molecule has 5 rings (SSSR count). The molecule has 3 aromatic carbocycles. The van der Waals surface area contributed by atoms with Gasteiger partial charge in [-0.05, 0) is 90.1 Å². The first-order chi connectivity index (χ1) is 18.6. The van der Waals surface area contributed by atoms with Crippen LogP contribution in [0, 0.1) is 0 Å². The highest BCUT2D eigenvalue weighted by Crippen LogP contribution is 2.40. The van der Waals surface area contributed by atoms with Crippen LogP contribution in [0.1, 0.15) is 70.1 Å². The van der Waals surface area contributed by atoms with Crippen LogP contribution < -0.4 is 15.4 Å². The van der Waals surface area contributed by atoms with Gasteiger partial charge in [0.05, 0.1) is 13.2 Å². The summed E-state index contributed by atoms with van der Waals surface area (Å²) in [7, 11) is 0. The highest BCUT2D eigenvalue weighted by molar-refractivity contribution is 6.05. The standard InChI is InChI=1S/C32H34N2O4/c35-19-18-33-32(37)30(21-23-3-7-25(8-4-23)27-11-12-27)34-31(36)28-13-15-29(16-14-28)38-20-17-22-1-5-24(6-2-22)26-9-10-26/h1-8,13-16,21,26-27,35H,9-12,17-20H2,(H,33,37)(H,34,36)/b30-21-. The fraction of sp³-hybridized carbons (Fsp3) is 0.312. The molecule has 2 saturated carbocycles. The van der Waals surface area contributed by atoms with Gasteiger partial charge in [0.1, 0.15) is 11.4 Å². The van der Waals surface area contributed by atoms with E-state index in [2.05, 4.69) is 47.0 Å². The number of ether oxygens (including phenoxy) is 1. The van der Waals surface area contributed by atoms with Crippen molar-refractivity contribution in [3.63, 3.8) is 0 Å². The molecule has 0 spiro atoms. The van der Waals surface area contributed by atoms with E-state index in [1.807, 2.05) is 12.1 Å². The molecule has 6 heteroatoms. The van der Waals surface area contributed by atoms with Crippen molar-refractivity contribution < 1.29 is 19.4 Å². The molecule has 0 atom stereocenters. The van der Waals surface area contributed by atoms with Crippen LogP contribution in [0.3, 0.4) is 0 Å². The van der Waals surface area contributed by atoms with Gasteiger partial charge in [-0.3, -0.25) is 9.59 Å². The number of carbonyl (C=O) groups is 2. The summed E-state index contributed by atoms with van der Waals surface area (Å²) >= 11 is 0. The van der Waals surface area contributed by atoms with E-state index in [1.54, 1.807) is 30.3 Å². The van der Waals surface area contributed by atoms with Gasteiger partial charge in [-0.1, -0.05) is 48.5 Å². The van der Waals surface area contributed by atoms with Crippen molar-refractivity contribution in [3.8, 4) is 5.75 Å². The predicted molar refractivity (Wildman–Crippen MR) is 148 cm³/mol. The van der Waals surface area contributed by atoms with Crippen LogP contribution in [0.25, 0.3) is 6.08 Å². The molecule has 0 heterocycles. The first-order valence-electron chi connectivity index (χ1n) is 13.4. The van der Waals surface area contributed by atoms with Crippen LogP contribution in [-0.4, -0.2) is 36.7 Å². The van der Waals surface area contributed by atoms with Gasteiger partial charge in [0.2, 0.25) is 0 Å². The van der Waals surface area contributed by atoms with Crippen molar-refractivity contribution in [1.82, 2.24) is 10.6 Å². The van der Waals surface area contributed by atoms with Crippen molar-refractivity contribution in [2.75, 3.05) is 19.8 Å². The van der Waals surface area contributed by atoms with E-state index in [1.165, 1.54) is 42.4 Å². The van der Waals surface area contributed by atoms with E-state index in [4.69, 9.17) is 9.84 Å². The van der Waals surface area contributed by atoms with Gasteiger partial charge in [0, 0.05) is 18.5 Å². The molecule has 2 fully saturated rings. The van der Waals surface area contributed by atoms with Crippen molar-refractivity contribution in [3.05, 3.63) is 106 Å². The van der Waals surface area contributed by atoms with Crippen LogP contribution in [0.5, 0.6) is 5.75 Å². The highest BCUT2D eigenvalue weighted by atomic mass is 16.5. The maximum Gasteiger partial charge on any atom is 0.267 e. The Kier molecular flexibility index (Phi) is 8.19. The minimum Gasteiger partial charge on any atom is -0.493 e. The van der Waals surface area contributed by atoms with Gasteiger partial charge in [0.25, 0.3) is 11.8 Å². The molecule has 3 N–H and O–H groups in total. The molecular formula is C32H34N2O4. The lowest BCUT2D eigenvalue weighted by Gasteiger charge is -2.12. The summed E-state index contributed by atoms with van der Waals surface area (Å²) in [6.07, 6.45) is 7.51. The Balaban J connectivity index is 1.17. The molecule has 0 bridgehead atoms. The van der Waals surface area contributed by atoms with Crippen LogP contribution in [0.15, 0.2) is 78.5 Å². The van der Waals surface area contributed by atoms with E-state index in [-0.39, 0.29) is 18.8 Å². The monoisotopic (exact) mass is 510 g/mol. The number of aliphatic hydroxyl groups excluding tert-OH is 1. The first kappa shape index (κ1) is 25.7. The fourth-order valence-corrected chi connectivity index (χ4v) is 4.43. The summed E-state index contributed by atoms with van der Waals surface area (Å²) in [5.41, 5.74) is 5.32. The van der Waals surface area contributed by atoms with Gasteiger partial charge in [-0.25, -0.2) is 0 Å². The summed E-state index contributed by atoms with van der Waals surface area (Å²) in [5.74, 6) is 1.24. The topological polar surface area (TPSA) is 87.7 Å². The lowest BCUT2D eigenvalue weighted by molar-refractivity contribution is -0.117. The van der Waals surface area contributed by atoms with Gasteiger partial charge >= 0.3 is 0 Å². The normalized spacial score (nSPS) is 15.1. The predicted octanol–water partition coefficient (Wildman–Crippen LogP) is 4.94. The maximum absolute atomic E-state index is 12.9. The molecular weight excluding hydrogens is 476 g/mol. The Morgan fingerprint density at radius 2 is 1.45 bits per heavy atom. The number of amides is 2. The number of benzene rings is 3. The molecule has 2 aliphatic rings. The molecule has 0 saturated heterocycles. The number of nitrogens with one attached hydrogen (secondary N) is 2. The molecule has 0 radical (unpaired) electrons. The van der Waals surface area contributed by atoms with Gasteiger partial charge < -0.3 is 20.5 Å². The first-order valence-corrected chi connectivity index (χ1v) is 13.4. The van der Waals surface area contributed by atoms with E-state index >= 15 is 0 Å². The minimum atomic E-state index is -0.455. The second-order valence-corrected chi connectivity index (χ2v) is 10.1. The third-order valence-electron chi connectivity index (χ3n) is 6.99. The number of hydrogen-bond acceptors (Lipinski definition) is 4. The van der Waals surface area contributed by atoms with Crippen LogP contribution in [0.4, 0.5) is 0 Å². The largest absolute Gasteiger partial charge is 0.493 e. The van der Waals surface area contributed by atoms with Crippen molar-refractivity contribution in [2.24, 2.45) is 0 Å². The summed E-state index contributed by atoms with van der Waals surface area (Å²) < 4.78 is 5.88. The highest BCUT2D eigenvalue weighted by Gasteiger charge is 2.23. The quantitative estimate of drug-likeness (QED) is 0.301. The van der Waals surface area contributed by atoms with E-state index in [9.17, 15) is 9.59 Å². The third kappa shape index (κ3) is 7.11. The molecule has 38 heavy (non-hydrogen) atoms. The smallest absolute Gasteiger partial charge is 0.267 e. The minimum absolute atomic E-state index is 0.101. The van der Waals surface area contributed by atoms with Crippen LogP contribution in [-0.2, 0) is 11.2 Å². The SMILES string of the molecule is O=C(NCCO)/C(=C/c1ccc(C2CC2)cc1)NC(=O)c1ccc(OCCc2ccc(C3CC3)cc2)cc1. The Bertz CT molecular complexity index is 1270. The molecule has 3 aromatic rings. The molecule has 0 aromatic heterocycles. The fourth-order valence-electron chi connectivity index (χ4n) is 4.43. The van der Waals surface area contributed by atoms with E-state index in [0.29, 0.717) is 23.8 Å². The lowest BCUT2D eigenvalue weighted by Crippen LogP contribution is -2.36. The third-order valence-corrected chi connectivity index (χ3v) is 6.99. The lowest BCUT2D eigenvalue weighted by atomic mass is 10.1. The molecule has 196 valence electrons. The zero-order chi connectivity index (χ0) is 26.3. The average Bonchev–Trinajstić information content (AvgIpc) is 3.86. The molecule has 2 aliphatic carbocycles. The van der Waals surface area contributed by atoms with Crippen LogP contribution in [0.2, 0.25) is 0 Å². The number of aliphatic hydroxyl groups is 1. The Hall–Kier alpha value is -3.90. The van der Waals surface area contributed by atoms with Gasteiger partial charge in [0.15, 0.2) is 0 Å². The van der Waals surface area contributed by atoms with Crippen LogP contribution >= 0.6 is 0 Å². The average molecular weight is 511 g/mol. The van der Waals surface area contributed by atoms with Crippen molar-refractivity contribution in [2.45, 2.75) is 43.9 Å². The zero-order valence-electron chi connectivity index (χ0n) is 21.5. The summed E-state index contributed by atoms with van der Waals surface area (Å²) in [5, 5.41) is 14.4. The van der Waals surface area contributed by atoms with Gasteiger partial charge in [-0.2, -0.15) is 0 Å². The summed E-state index contributed by atoms with van der Waals surface area (Å²) in [6, 6.07) is 23.7. The van der Waals surface area contributed by atoms with E-state index in [0.717, 1.165) is 17.9 Å². The molecule has 0 aliphatic heterocycles. The second-order valence-electron chi connectivity index (χ2n) is 10.1. The Labute approximate surface area is 223 Å². The zero-order valence-corrected chi connectivity index (χ0v) is 21.5. The Morgan fingerprint density at radius 1 is 0.842 bits per heavy atom. The van der Waals surface area contributed by atoms with Crippen molar-refractivity contribution >= 4 is 17.9 Å². The molecule has 2 amide bonds. The van der Waals surface area contributed by atoms with Gasteiger partial charge in [-0.15, -0.1) is 0 Å². The number of hydrogen-bond donors (Lipinski definition) is 3. The Morgan fingerprint density at radius 3 is 2.03 bits per heavy atom. The second kappa shape index (κ2) is 12.1. The molecule has 0 unspecified atom stereocenters.